The summed E-state index contributed by atoms with van der Waals surface area (Å²) >= 11 is 1.68. The molecule has 0 radical (unpaired) electrons. The van der Waals surface area contributed by atoms with Gasteiger partial charge in [0.15, 0.2) is 0 Å². The normalized spacial score (nSPS) is 17.0. The van der Waals surface area contributed by atoms with Gasteiger partial charge < -0.3 is 9.47 Å². The molecule has 2 heterocycles. The average Bonchev–Trinajstić information content (AvgIpc) is 3.37. The second-order valence-electron chi connectivity index (χ2n) is 7.24. The predicted molar refractivity (Wildman–Crippen MR) is 113 cm³/mol. The van der Waals surface area contributed by atoms with Gasteiger partial charge in [0.2, 0.25) is 0 Å². The Morgan fingerprint density at radius 3 is 2.57 bits per heavy atom. The van der Waals surface area contributed by atoms with E-state index in [1.54, 1.807) is 18.4 Å². The quantitative estimate of drug-likeness (QED) is 0.539. The number of methoxy groups -OCH3 is 1. The van der Waals surface area contributed by atoms with Gasteiger partial charge in [0, 0.05) is 18.0 Å². The number of nitrogens with zero attached hydrogens (tertiary/aromatic N) is 2. The summed E-state index contributed by atoms with van der Waals surface area (Å²) in [6.07, 6.45) is 2.42. The lowest BCUT2D eigenvalue weighted by Crippen LogP contribution is -2.23. The Kier molecular flexibility index (Phi) is 5.93. The molecule has 5 heteroatoms. The summed E-state index contributed by atoms with van der Waals surface area (Å²) < 4.78 is 11.1. The van der Waals surface area contributed by atoms with Crippen molar-refractivity contribution >= 4 is 11.3 Å². The molecule has 28 heavy (non-hydrogen) atoms. The Bertz CT molecular complexity index is 890. The lowest BCUT2D eigenvalue weighted by atomic mass is 10.0. The molecule has 0 amide bonds. The fraction of sp³-hybridized carbons (Fsp3) is 0.348. The first-order valence-corrected chi connectivity index (χ1v) is 10.6. The van der Waals surface area contributed by atoms with E-state index in [0.29, 0.717) is 12.6 Å². The number of hydrogen-bond donors (Lipinski definition) is 0. The molecule has 4 nitrogen and oxygen atoms in total. The zero-order chi connectivity index (χ0) is 19.3. The molecule has 3 aromatic rings. The maximum atomic E-state index is 5.87. The van der Waals surface area contributed by atoms with Gasteiger partial charge >= 0.3 is 0 Å². The maximum Gasteiger partial charge on any atom is 0.140 e. The van der Waals surface area contributed by atoms with E-state index in [1.165, 1.54) is 24.0 Å². The molecule has 2 aromatic carbocycles. The minimum absolute atomic E-state index is 0.458. The molecule has 1 fully saturated rings. The number of aromatic nitrogens is 1. The van der Waals surface area contributed by atoms with Crippen LogP contribution in [0.5, 0.6) is 11.5 Å². The molecule has 0 spiro atoms. The van der Waals surface area contributed by atoms with Crippen LogP contribution in [0.25, 0.3) is 0 Å². The zero-order valence-corrected chi connectivity index (χ0v) is 17.2. The molecule has 4 rings (SSSR count). The number of aryl methyl sites for hydroxylation is 1. The number of ether oxygens (including phenoxy) is 2. The minimum atomic E-state index is 0.458. The molecule has 1 unspecified atom stereocenters. The zero-order valence-electron chi connectivity index (χ0n) is 16.4. The van der Waals surface area contributed by atoms with Crippen LogP contribution in [-0.4, -0.2) is 23.5 Å². The highest BCUT2D eigenvalue weighted by atomic mass is 32.1. The van der Waals surface area contributed by atoms with Crippen LogP contribution in [0.1, 0.15) is 40.7 Å². The van der Waals surface area contributed by atoms with Crippen molar-refractivity contribution in [3.05, 3.63) is 75.7 Å². The molecule has 0 saturated carbocycles. The van der Waals surface area contributed by atoms with Crippen LogP contribution in [0, 0.1) is 6.92 Å². The molecule has 0 aliphatic carbocycles. The van der Waals surface area contributed by atoms with Crippen molar-refractivity contribution in [2.45, 2.75) is 39.0 Å². The van der Waals surface area contributed by atoms with Crippen molar-refractivity contribution in [1.82, 2.24) is 9.88 Å². The van der Waals surface area contributed by atoms with Gasteiger partial charge in [-0.3, -0.25) is 4.90 Å². The van der Waals surface area contributed by atoms with Crippen LogP contribution in [0.2, 0.25) is 0 Å². The van der Waals surface area contributed by atoms with Gasteiger partial charge in [-0.1, -0.05) is 29.8 Å². The summed E-state index contributed by atoms with van der Waals surface area (Å²) in [7, 11) is 1.71. The SMILES string of the molecule is COc1ccc(C2CCCN2Cc2csc(COc3ccc(C)cc3)n2)cc1. The molecular weight excluding hydrogens is 368 g/mol. The van der Waals surface area contributed by atoms with E-state index in [9.17, 15) is 0 Å². The topological polar surface area (TPSA) is 34.6 Å². The Morgan fingerprint density at radius 1 is 1.07 bits per heavy atom. The summed E-state index contributed by atoms with van der Waals surface area (Å²) in [5.74, 6) is 1.80. The Labute approximate surface area is 170 Å². The molecule has 146 valence electrons. The van der Waals surface area contributed by atoms with E-state index >= 15 is 0 Å². The van der Waals surface area contributed by atoms with E-state index in [1.807, 2.05) is 12.1 Å². The third kappa shape index (κ3) is 4.54. The highest BCUT2D eigenvalue weighted by Crippen LogP contribution is 2.34. The Balaban J connectivity index is 1.36. The predicted octanol–water partition coefficient (Wildman–Crippen LogP) is 5.38. The van der Waals surface area contributed by atoms with Crippen molar-refractivity contribution in [3.8, 4) is 11.5 Å². The number of rotatable bonds is 7. The summed E-state index contributed by atoms with van der Waals surface area (Å²) in [5, 5.41) is 3.19. The van der Waals surface area contributed by atoms with Crippen LogP contribution in [-0.2, 0) is 13.2 Å². The average molecular weight is 395 g/mol. The van der Waals surface area contributed by atoms with E-state index < -0.39 is 0 Å². The van der Waals surface area contributed by atoms with E-state index in [4.69, 9.17) is 14.5 Å². The first kappa shape index (κ1) is 19.0. The van der Waals surface area contributed by atoms with Gasteiger partial charge in [-0.15, -0.1) is 11.3 Å². The smallest absolute Gasteiger partial charge is 0.140 e. The number of benzene rings is 2. The van der Waals surface area contributed by atoms with Gasteiger partial charge in [-0.05, 0) is 56.1 Å². The second kappa shape index (κ2) is 8.76. The highest BCUT2D eigenvalue weighted by molar-refractivity contribution is 7.09. The summed E-state index contributed by atoms with van der Waals surface area (Å²) in [4.78, 5) is 7.32. The fourth-order valence-corrected chi connectivity index (χ4v) is 4.39. The van der Waals surface area contributed by atoms with Crippen LogP contribution in [0.4, 0.5) is 0 Å². The van der Waals surface area contributed by atoms with Crippen molar-refractivity contribution in [1.29, 1.82) is 0 Å². The third-order valence-corrected chi connectivity index (χ3v) is 6.08. The monoisotopic (exact) mass is 394 g/mol. The summed E-state index contributed by atoms with van der Waals surface area (Å²) in [5.41, 5.74) is 3.73. The molecular formula is C23H26N2O2S. The van der Waals surface area contributed by atoms with Gasteiger partial charge in [0.25, 0.3) is 0 Å². The molecule has 0 N–H and O–H groups in total. The fourth-order valence-electron chi connectivity index (χ4n) is 3.69. The largest absolute Gasteiger partial charge is 0.497 e. The van der Waals surface area contributed by atoms with Crippen LogP contribution < -0.4 is 9.47 Å². The molecule has 1 aliphatic heterocycles. The van der Waals surface area contributed by atoms with E-state index in [0.717, 1.165) is 35.3 Å². The first-order chi connectivity index (χ1) is 13.7. The summed E-state index contributed by atoms with van der Waals surface area (Å²) in [6, 6.07) is 17.1. The molecule has 1 atom stereocenters. The highest BCUT2D eigenvalue weighted by Gasteiger charge is 2.26. The first-order valence-electron chi connectivity index (χ1n) is 9.72. The number of thiazole rings is 1. The third-order valence-electron chi connectivity index (χ3n) is 5.21. The van der Waals surface area contributed by atoms with Crippen molar-refractivity contribution in [3.63, 3.8) is 0 Å². The van der Waals surface area contributed by atoms with E-state index in [-0.39, 0.29) is 0 Å². The number of hydrogen-bond acceptors (Lipinski definition) is 5. The van der Waals surface area contributed by atoms with Crippen LogP contribution in [0.3, 0.4) is 0 Å². The molecule has 1 aromatic heterocycles. The number of likely N-dealkylation sites (tertiary alicyclic amines) is 1. The maximum absolute atomic E-state index is 5.87. The standard InChI is InChI=1S/C23H26N2O2S/c1-17-5-9-21(10-6-17)27-15-23-24-19(16-28-23)14-25-13-3-4-22(25)18-7-11-20(26-2)12-8-18/h5-12,16,22H,3-4,13-15H2,1-2H3. The van der Waals surface area contributed by atoms with Gasteiger partial charge in [-0.25, -0.2) is 4.98 Å². The van der Waals surface area contributed by atoms with Gasteiger partial charge in [0.1, 0.15) is 23.1 Å². The molecule has 1 aliphatic rings. The van der Waals surface area contributed by atoms with Crippen LogP contribution >= 0.6 is 11.3 Å². The lowest BCUT2D eigenvalue weighted by molar-refractivity contribution is 0.245. The van der Waals surface area contributed by atoms with Crippen molar-refractivity contribution < 1.29 is 9.47 Å². The Morgan fingerprint density at radius 2 is 1.82 bits per heavy atom. The van der Waals surface area contributed by atoms with E-state index in [2.05, 4.69) is 53.6 Å². The van der Waals surface area contributed by atoms with Crippen molar-refractivity contribution in [2.24, 2.45) is 0 Å². The molecule has 0 bridgehead atoms. The Hall–Kier alpha value is -2.37. The van der Waals surface area contributed by atoms with Crippen LogP contribution in [0.15, 0.2) is 53.9 Å². The lowest BCUT2D eigenvalue weighted by Gasteiger charge is -2.24. The van der Waals surface area contributed by atoms with Crippen molar-refractivity contribution in [2.75, 3.05) is 13.7 Å². The second-order valence-corrected chi connectivity index (χ2v) is 8.18. The molecule has 1 saturated heterocycles. The van der Waals surface area contributed by atoms with Gasteiger partial charge in [-0.2, -0.15) is 0 Å². The summed E-state index contributed by atoms with van der Waals surface area (Å²) in [6.45, 7) is 4.60. The minimum Gasteiger partial charge on any atom is -0.497 e. The van der Waals surface area contributed by atoms with Gasteiger partial charge in [0.05, 0.1) is 12.8 Å².